The van der Waals surface area contributed by atoms with Crippen molar-refractivity contribution in [1.82, 2.24) is 9.21 Å². The highest BCUT2D eigenvalue weighted by molar-refractivity contribution is 7.88. The molecule has 2 aromatic rings. The number of halogens is 1. The lowest BCUT2D eigenvalue weighted by molar-refractivity contribution is -0.122. The maximum Gasteiger partial charge on any atom is 0.235 e. The second-order valence-electron chi connectivity index (χ2n) is 9.19. The summed E-state index contributed by atoms with van der Waals surface area (Å²) >= 11 is 6.21. The average Bonchev–Trinajstić information content (AvgIpc) is 3.05. The Kier molecular flexibility index (Phi) is 5.89. The maximum absolute atomic E-state index is 12.8. The molecule has 0 aromatic heterocycles. The molecule has 2 aromatic carbocycles. The first-order chi connectivity index (χ1) is 15.7. The zero-order valence-electron chi connectivity index (χ0n) is 18.6. The number of ether oxygens (including phenoxy) is 1. The van der Waals surface area contributed by atoms with Crippen molar-refractivity contribution in [2.75, 3.05) is 44.4 Å². The van der Waals surface area contributed by atoms with Gasteiger partial charge >= 0.3 is 0 Å². The standard InChI is InChI=1S/C24H28ClN3O4S/c1-33(30,31)28-9-6-17-14-20(4-2-18(17)16-28)32-13-12-27-10-7-24(8-11-27)21-15-19(25)3-5-22(21)26-23(24)29/h2-5,14-15H,6-13,16H2,1H3,(H,26,29). The molecule has 0 bridgehead atoms. The number of fused-ring (bicyclic) bond motifs is 3. The molecule has 3 aliphatic heterocycles. The minimum Gasteiger partial charge on any atom is -0.492 e. The maximum atomic E-state index is 12.8. The molecule has 9 heteroatoms. The monoisotopic (exact) mass is 489 g/mol. The van der Waals surface area contributed by atoms with Crippen LogP contribution in [0.25, 0.3) is 0 Å². The molecular formula is C24H28ClN3O4S. The van der Waals surface area contributed by atoms with Gasteiger partial charge in [0.1, 0.15) is 12.4 Å². The topological polar surface area (TPSA) is 79.0 Å². The predicted molar refractivity (Wildman–Crippen MR) is 128 cm³/mol. The van der Waals surface area contributed by atoms with Crippen LogP contribution in [0.1, 0.15) is 29.5 Å². The molecule has 3 aliphatic rings. The Morgan fingerprint density at radius 1 is 1.09 bits per heavy atom. The fourth-order valence-corrected chi connectivity index (χ4v) is 6.18. The van der Waals surface area contributed by atoms with Gasteiger partial charge in [0.25, 0.3) is 0 Å². The summed E-state index contributed by atoms with van der Waals surface area (Å²) in [7, 11) is -3.17. The summed E-state index contributed by atoms with van der Waals surface area (Å²) in [5, 5.41) is 3.68. The van der Waals surface area contributed by atoms with E-state index in [1.54, 1.807) is 0 Å². The van der Waals surface area contributed by atoms with Crippen LogP contribution in [-0.2, 0) is 33.2 Å². The van der Waals surface area contributed by atoms with Gasteiger partial charge in [-0.05, 0) is 79.4 Å². The van der Waals surface area contributed by atoms with Crippen molar-refractivity contribution in [2.24, 2.45) is 0 Å². The molecule has 5 rings (SSSR count). The van der Waals surface area contributed by atoms with Gasteiger partial charge < -0.3 is 10.1 Å². The van der Waals surface area contributed by atoms with E-state index in [1.165, 1.54) is 10.6 Å². The molecule has 0 atom stereocenters. The van der Waals surface area contributed by atoms with Crippen molar-refractivity contribution in [1.29, 1.82) is 0 Å². The molecule has 0 radical (unpaired) electrons. The quantitative estimate of drug-likeness (QED) is 0.698. The summed E-state index contributed by atoms with van der Waals surface area (Å²) in [6.07, 6.45) is 3.48. The van der Waals surface area contributed by atoms with Crippen molar-refractivity contribution in [3.05, 3.63) is 58.1 Å². The first kappa shape index (κ1) is 22.7. The molecule has 1 spiro atoms. The minimum atomic E-state index is -3.17. The van der Waals surface area contributed by atoms with E-state index >= 15 is 0 Å². The number of likely N-dealkylation sites (tertiary alicyclic amines) is 1. The van der Waals surface area contributed by atoms with Gasteiger partial charge in [0.15, 0.2) is 0 Å². The molecule has 176 valence electrons. The van der Waals surface area contributed by atoms with E-state index < -0.39 is 15.4 Å². The van der Waals surface area contributed by atoms with Crippen LogP contribution in [0.5, 0.6) is 5.75 Å². The number of hydrogen-bond donors (Lipinski definition) is 1. The molecule has 1 N–H and O–H groups in total. The van der Waals surface area contributed by atoms with E-state index in [0.717, 1.165) is 60.6 Å². The van der Waals surface area contributed by atoms with Crippen LogP contribution >= 0.6 is 11.6 Å². The molecule has 1 saturated heterocycles. The highest BCUT2D eigenvalue weighted by atomic mass is 35.5. The van der Waals surface area contributed by atoms with Crippen molar-refractivity contribution in [2.45, 2.75) is 31.2 Å². The Morgan fingerprint density at radius 2 is 1.88 bits per heavy atom. The van der Waals surface area contributed by atoms with Gasteiger partial charge in [-0.1, -0.05) is 17.7 Å². The second kappa shape index (κ2) is 8.58. The molecular weight excluding hydrogens is 462 g/mol. The van der Waals surface area contributed by atoms with E-state index in [9.17, 15) is 13.2 Å². The smallest absolute Gasteiger partial charge is 0.235 e. The molecule has 0 unspecified atom stereocenters. The van der Waals surface area contributed by atoms with Crippen LogP contribution in [0.15, 0.2) is 36.4 Å². The van der Waals surface area contributed by atoms with Gasteiger partial charge in [-0.3, -0.25) is 9.69 Å². The summed E-state index contributed by atoms with van der Waals surface area (Å²) in [4.78, 5) is 15.1. The number of rotatable bonds is 5. The third-order valence-corrected chi connectivity index (χ3v) is 8.67. The Hall–Kier alpha value is -2.13. The van der Waals surface area contributed by atoms with E-state index in [0.29, 0.717) is 31.1 Å². The molecule has 0 aliphatic carbocycles. The number of benzene rings is 2. The lowest BCUT2D eigenvalue weighted by atomic mass is 9.73. The molecule has 7 nitrogen and oxygen atoms in total. The third kappa shape index (κ3) is 4.37. The number of sulfonamides is 1. The zero-order valence-corrected chi connectivity index (χ0v) is 20.2. The Balaban J connectivity index is 1.15. The van der Waals surface area contributed by atoms with E-state index in [4.69, 9.17) is 16.3 Å². The van der Waals surface area contributed by atoms with Gasteiger partial charge in [-0.15, -0.1) is 0 Å². The van der Waals surface area contributed by atoms with Gasteiger partial charge in [-0.25, -0.2) is 8.42 Å². The number of nitrogens with one attached hydrogen (secondary N) is 1. The van der Waals surface area contributed by atoms with Gasteiger partial charge in [0.05, 0.1) is 11.7 Å². The summed E-state index contributed by atoms with van der Waals surface area (Å²) in [5.41, 5.74) is 3.62. The van der Waals surface area contributed by atoms with Gasteiger partial charge in [0, 0.05) is 30.3 Å². The number of amides is 1. The number of nitrogens with zero attached hydrogens (tertiary/aromatic N) is 2. The fraction of sp³-hybridized carbons (Fsp3) is 0.458. The summed E-state index contributed by atoms with van der Waals surface area (Å²) < 4.78 is 31.1. The van der Waals surface area contributed by atoms with Crippen molar-refractivity contribution in [3.8, 4) is 5.75 Å². The molecule has 0 saturated carbocycles. The highest BCUT2D eigenvalue weighted by Gasteiger charge is 2.48. The third-order valence-electron chi connectivity index (χ3n) is 7.19. The van der Waals surface area contributed by atoms with Crippen molar-refractivity contribution in [3.63, 3.8) is 0 Å². The van der Waals surface area contributed by atoms with Crippen LogP contribution in [0, 0.1) is 0 Å². The van der Waals surface area contributed by atoms with Gasteiger partial charge in [-0.2, -0.15) is 4.31 Å². The summed E-state index contributed by atoms with van der Waals surface area (Å²) in [5.74, 6) is 0.896. The number of carbonyl (C=O) groups is 1. The lowest BCUT2D eigenvalue weighted by Crippen LogP contribution is -2.47. The van der Waals surface area contributed by atoms with E-state index in [1.807, 2.05) is 36.4 Å². The van der Waals surface area contributed by atoms with Crippen LogP contribution in [0.2, 0.25) is 5.02 Å². The highest BCUT2D eigenvalue weighted by Crippen LogP contribution is 2.45. The van der Waals surface area contributed by atoms with E-state index in [-0.39, 0.29) is 5.91 Å². The Bertz CT molecular complexity index is 1190. The number of piperidine rings is 1. The molecule has 33 heavy (non-hydrogen) atoms. The van der Waals surface area contributed by atoms with Crippen molar-refractivity contribution < 1.29 is 17.9 Å². The van der Waals surface area contributed by atoms with Crippen LogP contribution in [0.3, 0.4) is 0 Å². The largest absolute Gasteiger partial charge is 0.492 e. The van der Waals surface area contributed by atoms with Crippen LogP contribution in [0.4, 0.5) is 5.69 Å². The number of hydrogen-bond acceptors (Lipinski definition) is 5. The van der Waals surface area contributed by atoms with Crippen molar-refractivity contribution >= 4 is 33.2 Å². The lowest BCUT2D eigenvalue weighted by Gasteiger charge is -2.38. The van der Waals surface area contributed by atoms with Crippen LogP contribution in [-0.4, -0.2) is 62.6 Å². The zero-order chi connectivity index (χ0) is 23.2. The SMILES string of the molecule is CS(=O)(=O)N1CCc2cc(OCCN3CCC4(CC3)C(=O)Nc3ccc(Cl)cc34)ccc2C1. The van der Waals surface area contributed by atoms with Gasteiger partial charge in [0.2, 0.25) is 15.9 Å². The Labute approximate surface area is 199 Å². The first-order valence-corrected chi connectivity index (χ1v) is 13.5. The fourth-order valence-electron chi connectivity index (χ4n) is 5.21. The van der Waals surface area contributed by atoms with E-state index in [2.05, 4.69) is 10.2 Å². The molecule has 1 amide bonds. The average molecular weight is 490 g/mol. The normalized spacial score (nSPS) is 20.4. The first-order valence-electron chi connectivity index (χ1n) is 11.3. The minimum absolute atomic E-state index is 0.0826. The Morgan fingerprint density at radius 3 is 2.64 bits per heavy atom. The molecule has 1 fully saturated rings. The number of anilines is 1. The molecule has 3 heterocycles. The summed E-state index contributed by atoms with van der Waals surface area (Å²) in [6, 6.07) is 11.5. The number of carbonyl (C=O) groups excluding carboxylic acids is 1. The summed E-state index contributed by atoms with van der Waals surface area (Å²) in [6.45, 7) is 3.94. The predicted octanol–water partition coefficient (Wildman–Crippen LogP) is 3.02. The van der Waals surface area contributed by atoms with Crippen LogP contribution < -0.4 is 10.1 Å². The second-order valence-corrected chi connectivity index (χ2v) is 11.6.